The number of imide groups is 1. The van der Waals surface area contributed by atoms with Crippen LogP contribution in [0.15, 0.2) is 0 Å². The lowest BCUT2D eigenvalue weighted by atomic mass is 9.94. The minimum atomic E-state index is -1.63. The molecule has 1 rings (SSSR count). The van der Waals surface area contributed by atoms with E-state index in [0.717, 1.165) is 0 Å². The number of ether oxygens (including phenoxy) is 2. The fourth-order valence-electron chi connectivity index (χ4n) is 1.84. The molecule has 0 radical (unpaired) electrons. The first kappa shape index (κ1) is 18.4. The molecule has 124 valence electrons. The van der Waals surface area contributed by atoms with Crippen molar-refractivity contribution in [1.82, 2.24) is 4.42 Å². The Hall–Kier alpha value is -1.63. The van der Waals surface area contributed by atoms with E-state index in [1.165, 1.54) is 0 Å². The summed E-state index contributed by atoms with van der Waals surface area (Å²) in [5, 5.41) is 0. The predicted molar refractivity (Wildman–Crippen MR) is 76.4 cm³/mol. The van der Waals surface area contributed by atoms with Crippen LogP contribution in [0.1, 0.15) is 41.5 Å². The van der Waals surface area contributed by atoms with E-state index in [-0.39, 0.29) is 4.42 Å². The van der Waals surface area contributed by atoms with Crippen LogP contribution in [0.5, 0.6) is 0 Å². The van der Waals surface area contributed by atoms with Gasteiger partial charge in [0.25, 0.3) is 11.8 Å². The predicted octanol–water partition coefficient (Wildman–Crippen LogP) is 1.42. The Morgan fingerprint density at radius 3 is 1.36 bits per heavy atom. The van der Waals surface area contributed by atoms with E-state index in [2.05, 4.69) is 0 Å². The third-order valence-electron chi connectivity index (χ3n) is 2.57. The van der Waals surface area contributed by atoms with Gasteiger partial charge in [-0.15, -0.1) is 0 Å². The second-order valence-corrected chi connectivity index (χ2v) is 7.32. The second-order valence-electron chi connectivity index (χ2n) is 6.98. The van der Waals surface area contributed by atoms with Crippen molar-refractivity contribution < 1.29 is 28.7 Å². The summed E-state index contributed by atoms with van der Waals surface area (Å²) in [6, 6.07) is 0. The molecule has 0 saturated carbocycles. The summed E-state index contributed by atoms with van der Waals surface area (Å²) in [6.45, 7) is 9.63. The molecule has 1 aliphatic heterocycles. The number of carbonyl (C=O) groups is 4. The van der Waals surface area contributed by atoms with Crippen LogP contribution in [-0.4, -0.2) is 39.4 Å². The molecule has 0 spiro atoms. The second kappa shape index (κ2) is 5.87. The van der Waals surface area contributed by atoms with Gasteiger partial charge in [0.15, 0.2) is 11.8 Å². The summed E-state index contributed by atoms with van der Waals surface area (Å²) in [7, 11) is 0. The smallest absolute Gasteiger partial charge is 0.320 e. The highest BCUT2D eigenvalue weighted by Gasteiger charge is 2.57. The molecule has 22 heavy (non-hydrogen) atoms. The number of nitrogens with zero attached hydrogens (tertiary/aromatic N) is 1. The molecule has 1 fully saturated rings. The van der Waals surface area contributed by atoms with E-state index >= 15 is 0 Å². The van der Waals surface area contributed by atoms with Crippen molar-refractivity contribution in [3.8, 4) is 0 Å². The molecular weight excluding hydrogens is 314 g/mol. The van der Waals surface area contributed by atoms with E-state index in [4.69, 9.17) is 21.3 Å². The number of amides is 2. The maximum atomic E-state index is 12.2. The van der Waals surface area contributed by atoms with Crippen LogP contribution in [0.25, 0.3) is 0 Å². The molecule has 2 atom stereocenters. The summed E-state index contributed by atoms with van der Waals surface area (Å²) in [5.41, 5.74) is -1.75. The molecular formula is C14H20ClNO6. The van der Waals surface area contributed by atoms with Crippen molar-refractivity contribution in [2.75, 3.05) is 0 Å². The molecule has 0 aliphatic carbocycles. The highest BCUT2D eigenvalue weighted by Crippen LogP contribution is 2.32. The molecule has 2 amide bonds. The number of rotatable bonds is 2. The van der Waals surface area contributed by atoms with Gasteiger partial charge in [0.2, 0.25) is 0 Å². The van der Waals surface area contributed by atoms with Gasteiger partial charge in [-0.2, -0.15) is 4.42 Å². The number of esters is 2. The van der Waals surface area contributed by atoms with Gasteiger partial charge in [-0.1, -0.05) is 0 Å². The molecule has 8 heteroatoms. The Bertz CT molecular complexity index is 470. The Labute approximate surface area is 134 Å². The maximum Gasteiger partial charge on any atom is 0.320 e. The Balaban J connectivity index is 3.10. The molecule has 0 unspecified atom stereocenters. The third kappa shape index (κ3) is 4.19. The zero-order valence-corrected chi connectivity index (χ0v) is 14.2. The Morgan fingerprint density at radius 2 is 1.14 bits per heavy atom. The third-order valence-corrected chi connectivity index (χ3v) is 2.91. The van der Waals surface area contributed by atoms with Crippen molar-refractivity contribution in [2.45, 2.75) is 52.7 Å². The molecule has 0 aromatic carbocycles. The highest BCUT2D eigenvalue weighted by molar-refractivity contribution is 6.37. The summed E-state index contributed by atoms with van der Waals surface area (Å²) in [4.78, 5) is 48.3. The largest absolute Gasteiger partial charge is 0.459 e. The fraction of sp³-hybridized carbons (Fsp3) is 0.714. The van der Waals surface area contributed by atoms with Crippen LogP contribution in [0.4, 0.5) is 0 Å². The van der Waals surface area contributed by atoms with Gasteiger partial charge in [-0.05, 0) is 41.5 Å². The standard InChI is InChI=1S/C14H20ClNO6/c1-13(2,3)21-11(19)7-8(10(18)16(15)9(7)17)12(20)22-14(4,5)6/h7-8H,1-6H3/t7-,8-/m1/s1. The van der Waals surface area contributed by atoms with Crippen molar-refractivity contribution >= 4 is 35.5 Å². The minimum absolute atomic E-state index is 0.239. The topological polar surface area (TPSA) is 90.0 Å². The molecule has 0 N–H and O–H groups in total. The van der Waals surface area contributed by atoms with E-state index in [9.17, 15) is 19.2 Å². The van der Waals surface area contributed by atoms with E-state index < -0.39 is 46.8 Å². The average molecular weight is 334 g/mol. The van der Waals surface area contributed by atoms with Crippen LogP contribution in [-0.2, 0) is 28.7 Å². The summed E-state index contributed by atoms with van der Waals surface area (Å²) in [5.74, 6) is -7.19. The fourth-order valence-corrected chi connectivity index (χ4v) is 2.05. The van der Waals surface area contributed by atoms with Crippen LogP contribution in [0.2, 0.25) is 0 Å². The van der Waals surface area contributed by atoms with Gasteiger partial charge in [0, 0.05) is 11.8 Å². The Kier molecular flexibility index (Phi) is 4.91. The number of hydrogen-bond acceptors (Lipinski definition) is 6. The number of hydrogen-bond donors (Lipinski definition) is 0. The van der Waals surface area contributed by atoms with Gasteiger partial charge in [-0.25, -0.2) is 0 Å². The van der Waals surface area contributed by atoms with Gasteiger partial charge in [0.05, 0.1) is 0 Å². The van der Waals surface area contributed by atoms with E-state index in [1.54, 1.807) is 41.5 Å². The molecule has 1 heterocycles. The van der Waals surface area contributed by atoms with Crippen LogP contribution < -0.4 is 0 Å². The quantitative estimate of drug-likeness (QED) is 0.328. The SMILES string of the molecule is CC(C)(C)OC(=O)[C@H]1C(=O)N(Cl)C(=O)[C@@H]1C(=O)OC(C)(C)C. The van der Waals surface area contributed by atoms with Crippen molar-refractivity contribution in [2.24, 2.45) is 11.8 Å². The number of halogens is 1. The average Bonchev–Trinajstić information content (AvgIpc) is 2.49. The minimum Gasteiger partial charge on any atom is -0.459 e. The first-order valence-corrected chi connectivity index (χ1v) is 7.08. The van der Waals surface area contributed by atoms with Crippen molar-refractivity contribution in [3.63, 3.8) is 0 Å². The van der Waals surface area contributed by atoms with Crippen LogP contribution in [0, 0.1) is 11.8 Å². The van der Waals surface area contributed by atoms with E-state index in [1.807, 2.05) is 0 Å². The molecule has 0 bridgehead atoms. The van der Waals surface area contributed by atoms with Crippen LogP contribution >= 0.6 is 11.8 Å². The van der Waals surface area contributed by atoms with Gasteiger partial charge in [0.1, 0.15) is 11.2 Å². The molecule has 0 aromatic heterocycles. The lowest BCUT2D eigenvalue weighted by molar-refractivity contribution is -0.173. The lowest BCUT2D eigenvalue weighted by Gasteiger charge is -2.24. The van der Waals surface area contributed by atoms with Gasteiger partial charge < -0.3 is 9.47 Å². The highest BCUT2D eigenvalue weighted by atomic mass is 35.5. The normalized spacial score (nSPS) is 22.8. The van der Waals surface area contributed by atoms with E-state index in [0.29, 0.717) is 0 Å². The molecule has 1 aliphatic rings. The maximum absolute atomic E-state index is 12.2. The van der Waals surface area contributed by atoms with Crippen molar-refractivity contribution in [1.29, 1.82) is 0 Å². The first-order chi connectivity index (χ1) is 9.74. The molecule has 1 saturated heterocycles. The lowest BCUT2D eigenvalue weighted by Crippen LogP contribution is -2.40. The monoisotopic (exact) mass is 333 g/mol. The first-order valence-electron chi connectivity index (χ1n) is 6.74. The Morgan fingerprint density at radius 1 is 0.864 bits per heavy atom. The summed E-state index contributed by atoms with van der Waals surface area (Å²) >= 11 is 5.55. The summed E-state index contributed by atoms with van der Waals surface area (Å²) < 4.78 is 10.4. The zero-order chi connectivity index (χ0) is 17.5. The molecule has 7 nitrogen and oxygen atoms in total. The summed E-state index contributed by atoms with van der Waals surface area (Å²) in [6.07, 6.45) is 0. The van der Waals surface area contributed by atoms with Gasteiger partial charge in [-0.3, -0.25) is 19.2 Å². The van der Waals surface area contributed by atoms with Crippen molar-refractivity contribution in [3.05, 3.63) is 0 Å². The number of carbonyl (C=O) groups excluding carboxylic acids is 4. The van der Waals surface area contributed by atoms with Crippen LogP contribution in [0.3, 0.4) is 0 Å². The zero-order valence-electron chi connectivity index (χ0n) is 13.4. The molecule has 0 aromatic rings. The van der Waals surface area contributed by atoms with Gasteiger partial charge >= 0.3 is 11.9 Å².